The summed E-state index contributed by atoms with van der Waals surface area (Å²) < 4.78 is 0. The van der Waals surface area contributed by atoms with Crippen molar-refractivity contribution < 1.29 is 9.59 Å². The molecule has 2 amide bonds. The Hall–Kier alpha value is -3.13. The van der Waals surface area contributed by atoms with Gasteiger partial charge in [-0.1, -0.05) is 18.2 Å². The number of benzene rings is 1. The molecule has 0 aliphatic rings. The Morgan fingerprint density at radius 3 is 2.68 bits per heavy atom. The molecule has 2 aromatic heterocycles. The van der Waals surface area contributed by atoms with Gasteiger partial charge < -0.3 is 10.6 Å². The minimum absolute atomic E-state index is 0.324. The summed E-state index contributed by atoms with van der Waals surface area (Å²) in [6.07, 6.45) is 5.40. The molecular weight excluding hydrogens is 338 g/mol. The van der Waals surface area contributed by atoms with Crippen molar-refractivity contribution in [2.75, 3.05) is 11.9 Å². The first-order valence-corrected chi connectivity index (χ1v) is 8.45. The van der Waals surface area contributed by atoms with Gasteiger partial charge in [0, 0.05) is 36.4 Å². The Morgan fingerprint density at radius 1 is 1.08 bits per heavy atom. The predicted octanol–water partition coefficient (Wildman–Crippen LogP) is 1.90. The van der Waals surface area contributed by atoms with E-state index in [1.165, 1.54) is 11.3 Å². The molecule has 0 bridgehead atoms. The van der Waals surface area contributed by atoms with Gasteiger partial charge >= 0.3 is 11.8 Å². The van der Waals surface area contributed by atoms with Gasteiger partial charge in [0.05, 0.1) is 11.9 Å². The summed E-state index contributed by atoms with van der Waals surface area (Å²) in [4.78, 5) is 36.3. The molecule has 0 saturated carbocycles. The minimum atomic E-state index is -0.690. The van der Waals surface area contributed by atoms with Crippen LogP contribution >= 0.6 is 11.3 Å². The van der Waals surface area contributed by atoms with Gasteiger partial charge in [0.25, 0.3) is 0 Å². The van der Waals surface area contributed by atoms with Crippen molar-refractivity contribution in [3.05, 3.63) is 60.0 Å². The zero-order valence-electron chi connectivity index (χ0n) is 13.2. The van der Waals surface area contributed by atoms with Crippen LogP contribution in [0.25, 0.3) is 10.7 Å². The lowest BCUT2D eigenvalue weighted by Gasteiger charge is -2.05. The second-order valence-electron chi connectivity index (χ2n) is 5.06. The number of hydrogen-bond acceptors (Lipinski definition) is 6. The van der Waals surface area contributed by atoms with E-state index in [1.54, 1.807) is 42.9 Å². The summed E-state index contributed by atoms with van der Waals surface area (Å²) in [7, 11) is 0. The van der Waals surface area contributed by atoms with E-state index in [1.807, 2.05) is 11.4 Å². The average Bonchev–Trinajstić information content (AvgIpc) is 3.12. The van der Waals surface area contributed by atoms with Crippen molar-refractivity contribution in [2.24, 2.45) is 0 Å². The summed E-state index contributed by atoms with van der Waals surface area (Å²) in [5.74, 6) is -1.36. The van der Waals surface area contributed by atoms with Crippen molar-refractivity contribution >= 4 is 28.8 Å². The molecule has 126 valence electrons. The van der Waals surface area contributed by atoms with E-state index in [0.717, 1.165) is 10.7 Å². The molecule has 2 N–H and O–H groups in total. The molecule has 2 heterocycles. The van der Waals surface area contributed by atoms with E-state index in [4.69, 9.17) is 0 Å². The first-order valence-electron chi connectivity index (χ1n) is 7.57. The number of carbonyl (C=O) groups excluding carboxylic acids is 2. The topological polar surface area (TPSA) is 96.9 Å². The van der Waals surface area contributed by atoms with Crippen molar-refractivity contribution in [1.29, 1.82) is 0 Å². The molecule has 0 atom stereocenters. The van der Waals surface area contributed by atoms with Crippen LogP contribution in [-0.2, 0) is 16.0 Å². The normalized spacial score (nSPS) is 10.2. The number of aromatic nitrogens is 3. The quantitative estimate of drug-likeness (QED) is 0.683. The monoisotopic (exact) mass is 353 g/mol. The van der Waals surface area contributed by atoms with Gasteiger partial charge in [-0.05, 0) is 12.1 Å². The lowest BCUT2D eigenvalue weighted by Crippen LogP contribution is -2.36. The molecule has 3 rings (SSSR count). The largest absolute Gasteiger partial charge is 0.347 e. The minimum Gasteiger partial charge on any atom is -0.347 e. The second kappa shape index (κ2) is 8.11. The number of thiazole rings is 1. The predicted molar refractivity (Wildman–Crippen MR) is 94.9 cm³/mol. The van der Waals surface area contributed by atoms with Crippen molar-refractivity contribution in [3.63, 3.8) is 0 Å². The molecule has 0 aliphatic carbocycles. The maximum Gasteiger partial charge on any atom is 0.313 e. The Labute approximate surface area is 148 Å². The van der Waals surface area contributed by atoms with Gasteiger partial charge in [0.15, 0.2) is 0 Å². The fraction of sp³-hybridized carbons (Fsp3) is 0.118. The van der Waals surface area contributed by atoms with Crippen molar-refractivity contribution in [2.45, 2.75) is 6.42 Å². The zero-order chi connectivity index (χ0) is 17.5. The molecule has 0 radical (unpaired) electrons. The van der Waals surface area contributed by atoms with Crippen LogP contribution in [0.3, 0.4) is 0 Å². The maximum absolute atomic E-state index is 11.8. The average molecular weight is 353 g/mol. The van der Waals surface area contributed by atoms with Gasteiger partial charge in [-0.25, -0.2) is 4.98 Å². The number of nitrogens with one attached hydrogen (secondary N) is 2. The summed E-state index contributed by atoms with van der Waals surface area (Å²) in [5.41, 5.74) is 2.12. The van der Waals surface area contributed by atoms with E-state index in [0.29, 0.717) is 24.3 Å². The molecule has 3 aromatic rings. The highest BCUT2D eigenvalue weighted by Gasteiger charge is 2.13. The standard InChI is InChI=1S/C17H15N5O2S/c23-15(16(24)21-12-4-2-1-3-5-12)20-7-6-13-11-25-17(22-13)14-10-18-8-9-19-14/h1-5,8-11H,6-7H2,(H,20,23)(H,21,24). The number of amides is 2. The third-order valence-corrected chi connectivity index (χ3v) is 4.15. The number of rotatable bonds is 5. The summed E-state index contributed by atoms with van der Waals surface area (Å²) in [6, 6.07) is 8.83. The number of hydrogen-bond donors (Lipinski definition) is 2. The highest BCUT2D eigenvalue weighted by atomic mass is 32.1. The van der Waals surface area contributed by atoms with Crippen LogP contribution in [0.5, 0.6) is 0 Å². The van der Waals surface area contributed by atoms with Crippen molar-refractivity contribution in [1.82, 2.24) is 20.3 Å². The van der Waals surface area contributed by atoms with Crippen LogP contribution in [0.15, 0.2) is 54.3 Å². The Morgan fingerprint density at radius 2 is 1.92 bits per heavy atom. The second-order valence-corrected chi connectivity index (χ2v) is 5.92. The molecule has 0 unspecified atom stereocenters. The molecule has 0 saturated heterocycles. The molecule has 8 heteroatoms. The van der Waals surface area contributed by atoms with E-state index < -0.39 is 11.8 Å². The fourth-order valence-electron chi connectivity index (χ4n) is 2.04. The summed E-state index contributed by atoms with van der Waals surface area (Å²) >= 11 is 1.46. The molecule has 0 aliphatic heterocycles. The maximum atomic E-state index is 11.8. The number of nitrogens with zero attached hydrogens (tertiary/aromatic N) is 3. The molecule has 1 aromatic carbocycles. The third kappa shape index (κ3) is 4.67. The van der Waals surface area contributed by atoms with E-state index in [-0.39, 0.29) is 0 Å². The van der Waals surface area contributed by atoms with Crippen LogP contribution < -0.4 is 10.6 Å². The van der Waals surface area contributed by atoms with Gasteiger partial charge in [0.1, 0.15) is 10.7 Å². The SMILES string of the molecule is O=C(NCCc1csc(-c2cnccn2)n1)C(=O)Nc1ccccc1. The molecular formula is C17H15N5O2S. The summed E-state index contributed by atoms with van der Waals surface area (Å²) in [6.45, 7) is 0.324. The fourth-order valence-corrected chi connectivity index (χ4v) is 2.86. The molecule has 7 nitrogen and oxygen atoms in total. The van der Waals surface area contributed by atoms with Crippen LogP contribution in [0, 0.1) is 0 Å². The Kier molecular flexibility index (Phi) is 5.43. The van der Waals surface area contributed by atoms with E-state index in [9.17, 15) is 9.59 Å². The molecule has 0 fully saturated rings. The van der Waals surface area contributed by atoms with Crippen molar-refractivity contribution in [3.8, 4) is 10.7 Å². The van der Waals surface area contributed by atoms with Crippen LogP contribution in [0.2, 0.25) is 0 Å². The molecule has 0 spiro atoms. The third-order valence-electron chi connectivity index (χ3n) is 3.24. The number of carbonyl (C=O) groups is 2. The first kappa shape index (κ1) is 16.7. The Balaban J connectivity index is 1.47. The lowest BCUT2D eigenvalue weighted by molar-refractivity contribution is -0.136. The molecule has 25 heavy (non-hydrogen) atoms. The lowest BCUT2D eigenvalue weighted by atomic mass is 10.3. The summed E-state index contributed by atoms with van der Waals surface area (Å²) in [5, 5.41) is 7.80. The van der Waals surface area contributed by atoms with Gasteiger partial charge in [-0.15, -0.1) is 11.3 Å². The first-order chi connectivity index (χ1) is 12.2. The number of para-hydroxylation sites is 1. The van der Waals surface area contributed by atoms with Gasteiger partial charge in [0.2, 0.25) is 0 Å². The smallest absolute Gasteiger partial charge is 0.313 e. The van der Waals surface area contributed by atoms with E-state index in [2.05, 4.69) is 25.6 Å². The van der Waals surface area contributed by atoms with Crippen LogP contribution in [-0.4, -0.2) is 33.3 Å². The van der Waals surface area contributed by atoms with Gasteiger partial charge in [-0.2, -0.15) is 0 Å². The van der Waals surface area contributed by atoms with E-state index >= 15 is 0 Å². The highest BCUT2D eigenvalue weighted by Crippen LogP contribution is 2.20. The van der Waals surface area contributed by atoms with Crippen LogP contribution in [0.4, 0.5) is 5.69 Å². The van der Waals surface area contributed by atoms with Gasteiger partial charge in [-0.3, -0.25) is 19.6 Å². The highest BCUT2D eigenvalue weighted by molar-refractivity contribution is 7.13. The Bertz CT molecular complexity index is 852. The van der Waals surface area contributed by atoms with Crippen LogP contribution in [0.1, 0.15) is 5.69 Å². The number of anilines is 1. The zero-order valence-corrected chi connectivity index (χ0v) is 14.0.